The van der Waals surface area contributed by atoms with Gasteiger partial charge >= 0.3 is 0 Å². The van der Waals surface area contributed by atoms with Gasteiger partial charge in [0.2, 0.25) is 11.8 Å². The van der Waals surface area contributed by atoms with Gasteiger partial charge in [0.1, 0.15) is 12.1 Å². The Labute approximate surface area is 163 Å². The number of hydrogen-bond acceptors (Lipinski definition) is 4. The predicted octanol–water partition coefficient (Wildman–Crippen LogP) is 2.47. The summed E-state index contributed by atoms with van der Waals surface area (Å²) in [6, 6.07) is 6.38. The van der Waals surface area contributed by atoms with E-state index >= 15 is 0 Å². The lowest BCUT2D eigenvalue weighted by atomic mass is 10.0. The van der Waals surface area contributed by atoms with Crippen LogP contribution in [0.1, 0.15) is 26.3 Å². The van der Waals surface area contributed by atoms with Crippen molar-refractivity contribution in [2.75, 3.05) is 6.54 Å². The number of hydrogen-bond donors (Lipinski definition) is 2. The molecule has 7 heteroatoms. The molecule has 1 aliphatic rings. The number of carbonyl (C=O) groups is 2. The maximum Gasteiger partial charge on any atom is 0.242 e. The van der Waals surface area contributed by atoms with Crippen LogP contribution in [0.2, 0.25) is 0 Å². The zero-order valence-corrected chi connectivity index (χ0v) is 16.2. The van der Waals surface area contributed by atoms with Gasteiger partial charge in [-0.15, -0.1) is 0 Å². The zero-order chi connectivity index (χ0) is 20.3. The van der Waals surface area contributed by atoms with Gasteiger partial charge < -0.3 is 15.4 Å². The van der Waals surface area contributed by atoms with Crippen LogP contribution >= 0.6 is 0 Å². The molecule has 0 saturated heterocycles. The molecule has 28 heavy (non-hydrogen) atoms. The molecule has 3 rings (SSSR count). The van der Waals surface area contributed by atoms with Crippen molar-refractivity contribution in [3.8, 4) is 16.9 Å². The summed E-state index contributed by atoms with van der Waals surface area (Å²) in [6.45, 7) is 5.33. The number of aromatic nitrogens is 1. The topological polar surface area (TPSA) is 80.3 Å². The number of carbonyl (C=O) groups excluding carboxylic acids is 2. The highest BCUT2D eigenvalue weighted by Gasteiger charge is 2.29. The minimum absolute atomic E-state index is 0.0509. The number of ether oxygens (including phenoxy) is 1. The van der Waals surface area contributed by atoms with E-state index in [9.17, 15) is 14.0 Å². The van der Waals surface area contributed by atoms with Crippen LogP contribution < -0.4 is 15.4 Å². The van der Waals surface area contributed by atoms with Crippen molar-refractivity contribution in [1.29, 1.82) is 0 Å². The van der Waals surface area contributed by atoms with Crippen molar-refractivity contribution < 1.29 is 18.7 Å². The van der Waals surface area contributed by atoms with E-state index in [0.717, 1.165) is 16.7 Å². The summed E-state index contributed by atoms with van der Waals surface area (Å²) in [5, 5.41) is 5.45. The van der Waals surface area contributed by atoms with Crippen molar-refractivity contribution in [3.05, 3.63) is 48.0 Å². The van der Waals surface area contributed by atoms with Crippen LogP contribution in [0.25, 0.3) is 11.1 Å². The van der Waals surface area contributed by atoms with E-state index < -0.39 is 11.9 Å². The van der Waals surface area contributed by atoms with Crippen LogP contribution in [0.5, 0.6) is 5.75 Å². The zero-order valence-electron chi connectivity index (χ0n) is 16.2. The third-order valence-corrected chi connectivity index (χ3v) is 4.66. The molecule has 2 aromatic rings. The molecule has 1 aromatic heterocycles. The summed E-state index contributed by atoms with van der Waals surface area (Å²) in [5.74, 6) is -0.785. The highest BCUT2D eigenvalue weighted by molar-refractivity contribution is 5.87. The van der Waals surface area contributed by atoms with Crippen LogP contribution in [-0.2, 0) is 16.0 Å². The molecule has 2 heterocycles. The van der Waals surface area contributed by atoms with Crippen LogP contribution in [0.4, 0.5) is 4.39 Å². The first-order chi connectivity index (χ1) is 13.3. The number of fused-ring (bicyclic) bond motifs is 1. The first kappa shape index (κ1) is 19.8. The minimum atomic E-state index is -0.616. The third kappa shape index (κ3) is 4.47. The van der Waals surface area contributed by atoms with E-state index in [2.05, 4.69) is 15.6 Å². The Morgan fingerprint density at radius 2 is 2.11 bits per heavy atom. The number of halogens is 1. The quantitative estimate of drug-likeness (QED) is 0.801. The molecule has 148 valence electrons. The molecule has 2 atom stereocenters. The smallest absolute Gasteiger partial charge is 0.242 e. The second kappa shape index (κ2) is 8.37. The standard InChI is InChI=1S/C21H24FN3O3/c1-12(2)19(25-13(3)26)21(27)24-11-17-8-16-7-15(9-18(22)20(16)28-17)14-5-4-6-23-10-14/h4-7,9-10,12,17,19H,8,11H2,1-3H3,(H,24,27)(H,25,26). The second-order valence-corrected chi connectivity index (χ2v) is 7.30. The molecule has 0 radical (unpaired) electrons. The fourth-order valence-electron chi connectivity index (χ4n) is 3.28. The Hall–Kier alpha value is -2.96. The lowest BCUT2D eigenvalue weighted by Crippen LogP contribution is -2.50. The van der Waals surface area contributed by atoms with Crippen LogP contribution in [-0.4, -0.2) is 35.5 Å². The summed E-state index contributed by atoms with van der Waals surface area (Å²) in [5.41, 5.74) is 2.33. The summed E-state index contributed by atoms with van der Waals surface area (Å²) in [6.07, 6.45) is 3.48. The van der Waals surface area contributed by atoms with Crippen LogP contribution in [0.3, 0.4) is 0 Å². The van der Waals surface area contributed by atoms with E-state index in [0.29, 0.717) is 6.42 Å². The van der Waals surface area contributed by atoms with Crippen LogP contribution in [0, 0.1) is 11.7 Å². The molecule has 2 amide bonds. The number of rotatable bonds is 6. The Bertz CT molecular complexity index is 871. The molecular formula is C21H24FN3O3. The van der Waals surface area contributed by atoms with Gasteiger partial charge in [0.15, 0.2) is 11.6 Å². The van der Waals surface area contributed by atoms with Gasteiger partial charge in [-0.2, -0.15) is 0 Å². The first-order valence-corrected chi connectivity index (χ1v) is 9.29. The van der Waals surface area contributed by atoms with Gasteiger partial charge in [0, 0.05) is 36.9 Å². The normalized spacial score (nSPS) is 16.2. The van der Waals surface area contributed by atoms with Gasteiger partial charge in [-0.1, -0.05) is 19.9 Å². The first-order valence-electron chi connectivity index (χ1n) is 9.29. The largest absolute Gasteiger partial charge is 0.485 e. The Balaban J connectivity index is 1.65. The van der Waals surface area contributed by atoms with E-state index in [-0.39, 0.29) is 36.1 Å². The number of nitrogens with one attached hydrogen (secondary N) is 2. The van der Waals surface area contributed by atoms with E-state index in [1.54, 1.807) is 18.5 Å². The molecule has 0 bridgehead atoms. The van der Waals surface area contributed by atoms with Crippen LogP contribution in [0.15, 0.2) is 36.7 Å². The fraction of sp³-hybridized carbons (Fsp3) is 0.381. The maximum atomic E-state index is 14.5. The number of benzene rings is 1. The van der Waals surface area contributed by atoms with E-state index in [1.807, 2.05) is 26.0 Å². The predicted molar refractivity (Wildman–Crippen MR) is 103 cm³/mol. The molecule has 0 aliphatic carbocycles. The number of amides is 2. The van der Waals surface area contributed by atoms with Gasteiger partial charge in [0.25, 0.3) is 0 Å². The Morgan fingerprint density at radius 1 is 1.32 bits per heavy atom. The second-order valence-electron chi connectivity index (χ2n) is 7.30. The van der Waals surface area contributed by atoms with Crippen molar-refractivity contribution in [3.63, 3.8) is 0 Å². The molecule has 2 unspecified atom stereocenters. The Morgan fingerprint density at radius 3 is 2.75 bits per heavy atom. The van der Waals surface area contributed by atoms with Gasteiger partial charge in [-0.25, -0.2) is 4.39 Å². The minimum Gasteiger partial charge on any atom is -0.485 e. The van der Waals surface area contributed by atoms with E-state index in [1.165, 1.54) is 13.0 Å². The van der Waals surface area contributed by atoms with Gasteiger partial charge in [-0.05, 0) is 29.7 Å². The molecular weight excluding hydrogens is 361 g/mol. The molecule has 0 saturated carbocycles. The lowest BCUT2D eigenvalue weighted by Gasteiger charge is -2.22. The average Bonchev–Trinajstić information content (AvgIpc) is 3.08. The van der Waals surface area contributed by atoms with Gasteiger partial charge in [0.05, 0.1) is 6.54 Å². The highest BCUT2D eigenvalue weighted by atomic mass is 19.1. The van der Waals surface area contributed by atoms with Crippen molar-refractivity contribution in [2.24, 2.45) is 5.92 Å². The lowest BCUT2D eigenvalue weighted by molar-refractivity contribution is -0.129. The Kier molecular flexibility index (Phi) is 5.92. The van der Waals surface area contributed by atoms with E-state index in [4.69, 9.17) is 4.74 Å². The third-order valence-electron chi connectivity index (χ3n) is 4.66. The highest BCUT2D eigenvalue weighted by Crippen LogP contribution is 2.35. The summed E-state index contributed by atoms with van der Waals surface area (Å²) < 4.78 is 20.2. The van der Waals surface area contributed by atoms with Crippen molar-refractivity contribution in [2.45, 2.75) is 39.3 Å². The average molecular weight is 385 g/mol. The monoisotopic (exact) mass is 385 g/mol. The number of nitrogens with zero attached hydrogens (tertiary/aromatic N) is 1. The molecule has 0 spiro atoms. The van der Waals surface area contributed by atoms with Crippen molar-refractivity contribution >= 4 is 11.8 Å². The molecule has 1 aromatic carbocycles. The summed E-state index contributed by atoms with van der Waals surface area (Å²) >= 11 is 0. The molecule has 2 N–H and O–H groups in total. The number of pyridine rings is 1. The summed E-state index contributed by atoms with van der Waals surface area (Å²) in [7, 11) is 0. The molecule has 0 fully saturated rings. The van der Waals surface area contributed by atoms with Crippen molar-refractivity contribution in [1.82, 2.24) is 15.6 Å². The molecule has 1 aliphatic heterocycles. The SMILES string of the molecule is CC(=O)NC(C(=O)NCC1Cc2cc(-c3cccnc3)cc(F)c2O1)C(C)C. The summed E-state index contributed by atoms with van der Waals surface area (Å²) in [4.78, 5) is 27.8. The maximum absolute atomic E-state index is 14.5. The van der Waals surface area contributed by atoms with Gasteiger partial charge in [-0.3, -0.25) is 14.6 Å². The molecule has 6 nitrogen and oxygen atoms in total. The fourth-order valence-corrected chi connectivity index (χ4v) is 3.28.